The zero-order valence-corrected chi connectivity index (χ0v) is 16.6. The van der Waals surface area contributed by atoms with Crippen molar-refractivity contribution in [2.24, 2.45) is 0 Å². The summed E-state index contributed by atoms with van der Waals surface area (Å²) in [7, 11) is -3.66. The number of rotatable bonds is 6. The van der Waals surface area contributed by atoms with Crippen molar-refractivity contribution >= 4 is 33.0 Å². The summed E-state index contributed by atoms with van der Waals surface area (Å²) in [6.45, 7) is 3.49. The van der Waals surface area contributed by atoms with Gasteiger partial charge in [0.15, 0.2) is 0 Å². The summed E-state index contributed by atoms with van der Waals surface area (Å²) in [5, 5.41) is 4.86. The second-order valence-corrected chi connectivity index (χ2v) is 8.94. The molecule has 1 aromatic heterocycles. The Hall–Kier alpha value is -2.48. The van der Waals surface area contributed by atoms with Gasteiger partial charge in [0.1, 0.15) is 0 Å². The Balaban J connectivity index is 1.88. The second-order valence-electron chi connectivity index (χ2n) is 6.28. The molecule has 0 unspecified atom stereocenters. The molecule has 2 N–H and O–H groups in total. The number of anilines is 1. The van der Waals surface area contributed by atoms with Crippen LogP contribution in [0.2, 0.25) is 0 Å². The summed E-state index contributed by atoms with van der Waals surface area (Å²) in [6, 6.07) is 17.2. The molecule has 0 bridgehead atoms. The summed E-state index contributed by atoms with van der Waals surface area (Å²) in [6.07, 6.45) is 0. The van der Waals surface area contributed by atoms with Gasteiger partial charge >= 0.3 is 0 Å². The number of benzene rings is 2. The maximum atomic E-state index is 12.7. The quantitative estimate of drug-likeness (QED) is 0.646. The van der Waals surface area contributed by atoms with E-state index in [4.69, 9.17) is 0 Å². The van der Waals surface area contributed by atoms with Crippen LogP contribution in [-0.2, 0) is 10.0 Å². The molecule has 0 aliphatic carbocycles. The molecule has 1 amide bonds. The van der Waals surface area contributed by atoms with Crippen LogP contribution in [0, 0.1) is 0 Å². The van der Waals surface area contributed by atoms with Gasteiger partial charge in [-0.25, -0.2) is 13.1 Å². The lowest BCUT2D eigenvalue weighted by Crippen LogP contribution is -2.30. The van der Waals surface area contributed by atoms with Gasteiger partial charge in [0, 0.05) is 27.7 Å². The van der Waals surface area contributed by atoms with Crippen molar-refractivity contribution in [1.29, 1.82) is 0 Å². The summed E-state index contributed by atoms with van der Waals surface area (Å²) in [4.78, 5) is 13.8. The maximum absolute atomic E-state index is 12.7. The molecule has 0 radical (unpaired) electrons. The van der Waals surface area contributed by atoms with Gasteiger partial charge in [-0.3, -0.25) is 4.79 Å². The molecule has 0 saturated carbocycles. The van der Waals surface area contributed by atoms with E-state index in [9.17, 15) is 13.2 Å². The molecular weight excluding hydrogens is 380 g/mol. The van der Waals surface area contributed by atoms with Crippen molar-refractivity contribution in [3.63, 3.8) is 0 Å². The highest BCUT2D eigenvalue weighted by atomic mass is 32.2. The van der Waals surface area contributed by atoms with E-state index >= 15 is 0 Å². The summed E-state index contributed by atoms with van der Waals surface area (Å²) >= 11 is 1.59. The van der Waals surface area contributed by atoms with Crippen LogP contribution < -0.4 is 10.0 Å². The van der Waals surface area contributed by atoms with Gasteiger partial charge < -0.3 is 5.32 Å². The molecule has 27 heavy (non-hydrogen) atoms. The zero-order valence-electron chi connectivity index (χ0n) is 15.0. The fraction of sp³-hybridized carbons (Fsp3) is 0.150. The average Bonchev–Trinajstić information content (AvgIpc) is 3.16. The number of carbonyl (C=O) groups excluding carboxylic acids is 1. The maximum Gasteiger partial charge on any atom is 0.255 e. The molecule has 1 heterocycles. The molecule has 0 spiro atoms. The van der Waals surface area contributed by atoms with Crippen LogP contribution >= 0.6 is 11.3 Å². The highest BCUT2D eigenvalue weighted by Gasteiger charge is 2.18. The van der Waals surface area contributed by atoms with Crippen molar-refractivity contribution in [1.82, 2.24) is 4.72 Å². The minimum Gasteiger partial charge on any atom is -0.321 e. The number of thiophene rings is 1. The third kappa shape index (κ3) is 4.63. The van der Waals surface area contributed by atoms with E-state index in [1.807, 2.05) is 41.8 Å². The van der Waals surface area contributed by atoms with E-state index in [2.05, 4.69) is 10.0 Å². The average molecular weight is 401 g/mol. The molecule has 0 aliphatic heterocycles. The molecule has 2 aromatic carbocycles. The van der Waals surface area contributed by atoms with E-state index in [1.54, 1.807) is 37.3 Å². The number of sulfonamides is 1. The minimum absolute atomic E-state index is 0.0652. The monoisotopic (exact) mass is 400 g/mol. The number of para-hydroxylation sites is 1. The van der Waals surface area contributed by atoms with Gasteiger partial charge in [0.2, 0.25) is 10.0 Å². The fourth-order valence-electron chi connectivity index (χ4n) is 2.62. The summed E-state index contributed by atoms with van der Waals surface area (Å²) in [5.41, 5.74) is 1.88. The first-order chi connectivity index (χ1) is 12.9. The van der Waals surface area contributed by atoms with E-state index in [1.165, 1.54) is 12.1 Å². The predicted octanol–water partition coefficient (Wildman–Crippen LogP) is 4.35. The molecule has 0 aliphatic rings. The fourth-order valence-corrected chi connectivity index (χ4v) is 4.68. The Morgan fingerprint density at radius 1 is 1.00 bits per heavy atom. The first-order valence-electron chi connectivity index (χ1n) is 8.43. The molecule has 3 aromatic rings. The van der Waals surface area contributed by atoms with Gasteiger partial charge in [0.05, 0.1) is 4.90 Å². The van der Waals surface area contributed by atoms with Gasteiger partial charge in [-0.15, -0.1) is 11.3 Å². The van der Waals surface area contributed by atoms with Crippen molar-refractivity contribution in [2.75, 3.05) is 5.32 Å². The van der Waals surface area contributed by atoms with E-state index in [-0.39, 0.29) is 22.4 Å². The number of hydrogen-bond donors (Lipinski definition) is 2. The van der Waals surface area contributed by atoms with Crippen LogP contribution in [0.4, 0.5) is 5.69 Å². The highest BCUT2D eigenvalue weighted by Crippen LogP contribution is 2.31. The number of nitrogens with one attached hydrogen (secondary N) is 2. The lowest BCUT2D eigenvalue weighted by molar-refractivity contribution is 0.102. The molecule has 140 valence electrons. The smallest absolute Gasteiger partial charge is 0.255 e. The highest BCUT2D eigenvalue weighted by molar-refractivity contribution is 7.89. The van der Waals surface area contributed by atoms with E-state index in [0.717, 1.165) is 10.4 Å². The predicted molar refractivity (Wildman–Crippen MR) is 110 cm³/mol. The Morgan fingerprint density at radius 3 is 2.48 bits per heavy atom. The third-order valence-electron chi connectivity index (χ3n) is 3.76. The Kier molecular flexibility index (Phi) is 5.74. The molecule has 0 atom stereocenters. The SMILES string of the molecule is CC(C)NS(=O)(=O)c1cccc(C(=O)Nc2ccccc2-c2cccs2)c1. The number of carbonyl (C=O) groups is 1. The van der Waals surface area contributed by atoms with Crippen LogP contribution in [0.5, 0.6) is 0 Å². The van der Waals surface area contributed by atoms with Crippen LogP contribution in [0.3, 0.4) is 0 Å². The minimum atomic E-state index is -3.66. The summed E-state index contributed by atoms with van der Waals surface area (Å²) in [5.74, 6) is -0.361. The molecule has 3 rings (SSSR count). The molecule has 0 fully saturated rings. The van der Waals surface area contributed by atoms with E-state index < -0.39 is 10.0 Å². The van der Waals surface area contributed by atoms with E-state index in [0.29, 0.717) is 5.69 Å². The first kappa shape index (κ1) is 19.3. The van der Waals surface area contributed by atoms with Crippen LogP contribution in [-0.4, -0.2) is 20.4 Å². The first-order valence-corrected chi connectivity index (χ1v) is 10.8. The topological polar surface area (TPSA) is 75.3 Å². The molecule has 7 heteroatoms. The van der Waals surface area contributed by atoms with Crippen LogP contribution in [0.25, 0.3) is 10.4 Å². The lowest BCUT2D eigenvalue weighted by Gasteiger charge is -2.12. The summed E-state index contributed by atoms with van der Waals surface area (Å²) < 4.78 is 27.2. The van der Waals surface area contributed by atoms with Crippen LogP contribution in [0.15, 0.2) is 70.9 Å². The van der Waals surface area contributed by atoms with Gasteiger partial charge in [-0.2, -0.15) is 0 Å². The van der Waals surface area contributed by atoms with Crippen molar-refractivity contribution in [3.05, 3.63) is 71.6 Å². The van der Waals surface area contributed by atoms with Crippen molar-refractivity contribution in [3.8, 4) is 10.4 Å². The Morgan fingerprint density at radius 2 is 1.78 bits per heavy atom. The van der Waals surface area contributed by atoms with Crippen molar-refractivity contribution in [2.45, 2.75) is 24.8 Å². The van der Waals surface area contributed by atoms with Crippen LogP contribution in [0.1, 0.15) is 24.2 Å². The van der Waals surface area contributed by atoms with Gasteiger partial charge in [-0.05, 0) is 49.6 Å². The van der Waals surface area contributed by atoms with Crippen molar-refractivity contribution < 1.29 is 13.2 Å². The number of amides is 1. The Bertz CT molecular complexity index is 1040. The Labute approximate surface area is 163 Å². The molecule has 0 saturated heterocycles. The normalized spacial score (nSPS) is 11.5. The lowest BCUT2D eigenvalue weighted by atomic mass is 10.1. The third-order valence-corrected chi connectivity index (χ3v) is 6.32. The number of hydrogen-bond acceptors (Lipinski definition) is 4. The largest absolute Gasteiger partial charge is 0.321 e. The zero-order chi connectivity index (χ0) is 19.4. The van der Waals surface area contributed by atoms with Gasteiger partial charge in [0.25, 0.3) is 5.91 Å². The van der Waals surface area contributed by atoms with Gasteiger partial charge in [-0.1, -0.05) is 30.3 Å². The second kappa shape index (κ2) is 8.04. The molecular formula is C20H20N2O3S2. The molecule has 5 nitrogen and oxygen atoms in total. The standard InChI is InChI=1S/C20H20N2O3S2/c1-14(2)22-27(24,25)16-8-5-7-15(13-16)20(23)21-18-10-4-3-9-17(18)19-11-6-12-26-19/h3-14,22H,1-2H3,(H,21,23).